The summed E-state index contributed by atoms with van der Waals surface area (Å²) in [7, 11) is 1.94. The molecule has 0 unspecified atom stereocenters. The number of benzene rings is 1. The zero-order valence-corrected chi connectivity index (χ0v) is 10.9. The monoisotopic (exact) mass is 250 g/mol. The lowest BCUT2D eigenvalue weighted by molar-refractivity contribution is 0.139. The largest absolute Gasteiger partial charge is 0.445 e. The summed E-state index contributed by atoms with van der Waals surface area (Å²) in [5.41, 5.74) is 1.00. The van der Waals surface area contributed by atoms with Crippen LogP contribution in [0.2, 0.25) is 0 Å². The van der Waals surface area contributed by atoms with Crippen molar-refractivity contribution in [2.75, 3.05) is 20.1 Å². The van der Waals surface area contributed by atoms with Crippen molar-refractivity contribution in [1.29, 1.82) is 0 Å². The Balaban J connectivity index is 2.01. The Morgan fingerprint density at radius 2 is 1.83 bits per heavy atom. The molecule has 100 valence electrons. The van der Waals surface area contributed by atoms with Crippen molar-refractivity contribution < 1.29 is 9.53 Å². The van der Waals surface area contributed by atoms with Gasteiger partial charge in [-0.05, 0) is 32.0 Å². The van der Waals surface area contributed by atoms with Crippen LogP contribution in [0.4, 0.5) is 4.79 Å². The van der Waals surface area contributed by atoms with Gasteiger partial charge in [-0.15, -0.1) is 0 Å². The van der Waals surface area contributed by atoms with Gasteiger partial charge in [0.1, 0.15) is 6.61 Å². The minimum Gasteiger partial charge on any atom is -0.445 e. The molecular weight excluding hydrogens is 228 g/mol. The Labute approximate surface area is 109 Å². The standard InChI is InChI=1S/C14H22N2O2/c1-15-10-6-3-7-11-16-14(17)18-12-13-8-4-2-5-9-13/h2,4-5,8-9,15H,3,6-7,10-12H2,1H3,(H,16,17). The van der Waals surface area contributed by atoms with Crippen LogP contribution in [0, 0.1) is 0 Å². The van der Waals surface area contributed by atoms with Crippen LogP contribution in [0.3, 0.4) is 0 Å². The maximum atomic E-state index is 11.4. The molecule has 0 aromatic heterocycles. The zero-order valence-electron chi connectivity index (χ0n) is 10.9. The molecule has 2 N–H and O–H groups in total. The van der Waals surface area contributed by atoms with Crippen molar-refractivity contribution in [2.45, 2.75) is 25.9 Å². The molecule has 18 heavy (non-hydrogen) atoms. The molecule has 1 amide bonds. The topological polar surface area (TPSA) is 50.4 Å². The Morgan fingerprint density at radius 1 is 1.11 bits per heavy atom. The van der Waals surface area contributed by atoms with Crippen molar-refractivity contribution in [1.82, 2.24) is 10.6 Å². The highest BCUT2D eigenvalue weighted by Gasteiger charge is 2.01. The first-order valence-electron chi connectivity index (χ1n) is 6.42. The first kappa shape index (κ1) is 14.5. The van der Waals surface area contributed by atoms with E-state index in [1.54, 1.807) is 0 Å². The zero-order chi connectivity index (χ0) is 13.1. The fraction of sp³-hybridized carbons (Fsp3) is 0.500. The maximum absolute atomic E-state index is 11.4. The van der Waals surface area contributed by atoms with Crippen LogP contribution in [-0.4, -0.2) is 26.2 Å². The average Bonchev–Trinajstić information content (AvgIpc) is 2.41. The minimum atomic E-state index is -0.340. The van der Waals surface area contributed by atoms with Crippen LogP contribution in [0.25, 0.3) is 0 Å². The summed E-state index contributed by atoms with van der Waals surface area (Å²) in [5.74, 6) is 0. The minimum absolute atomic E-state index is 0.326. The van der Waals surface area contributed by atoms with Gasteiger partial charge >= 0.3 is 6.09 Å². The third-order valence-electron chi connectivity index (χ3n) is 2.59. The lowest BCUT2D eigenvalue weighted by atomic mass is 10.2. The van der Waals surface area contributed by atoms with Crippen LogP contribution < -0.4 is 10.6 Å². The van der Waals surface area contributed by atoms with Crippen LogP contribution in [0.1, 0.15) is 24.8 Å². The number of alkyl carbamates (subject to hydrolysis) is 1. The number of ether oxygens (including phenoxy) is 1. The number of carbonyl (C=O) groups excluding carboxylic acids is 1. The predicted octanol–water partition coefficient (Wildman–Crippen LogP) is 2.30. The number of unbranched alkanes of at least 4 members (excludes halogenated alkanes) is 2. The molecular formula is C14H22N2O2. The van der Waals surface area contributed by atoms with Gasteiger partial charge in [-0.25, -0.2) is 4.79 Å². The van der Waals surface area contributed by atoms with E-state index in [-0.39, 0.29) is 6.09 Å². The van der Waals surface area contributed by atoms with Gasteiger partial charge in [0.2, 0.25) is 0 Å². The van der Waals surface area contributed by atoms with Gasteiger partial charge in [0.25, 0.3) is 0 Å². The normalized spacial score (nSPS) is 10.1. The van der Waals surface area contributed by atoms with Gasteiger partial charge in [0, 0.05) is 6.54 Å². The van der Waals surface area contributed by atoms with E-state index in [1.165, 1.54) is 0 Å². The first-order valence-corrected chi connectivity index (χ1v) is 6.42. The summed E-state index contributed by atoms with van der Waals surface area (Å²) in [6.45, 7) is 2.03. The molecule has 0 aliphatic carbocycles. The average molecular weight is 250 g/mol. The Bertz CT molecular complexity index is 328. The highest BCUT2D eigenvalue weighted by atomic mass is 16.5. The maximum Gasteiger partial charge on any atom is 0.407 e. The van der Waals surface area contributed by atoms with Crippen LogP contribution in [-0.2, 0) is 11.3 Å². The summed E-state index contributed by atoms with van der Waals surface area (Å²) in [4.78, 5) is 11.4. The number of hydrogen-bond acceptors (Lipinski definition) is 3. The molecule has 0 fully saturated rings. The van der Waals surface area contributed by atoms with E-state index in [9.17, 15) is 4.79 Å². The first-order chi connectivity index (χ1) is 8.83. The molecule has 4 heteroatoms. The van der Waals surface area contributed by atoms with Crippen molar-refractivity contribution >= 4 is 6.09 Å². The molecule has 0 heterocycles. The number of nitrogens with one attached hydrogen (secondary N) is 2. The van der Waals surface area contributed by atoms with E-state index in [1.807, 2.05) is 37.4 Å². The van der Waals surface area contributed by atoms with Crippen LogP contribution in [0.5, 0.6) is 0 Å². The number of amides is 1. The molecule has 0 spiro atoms. The highest BCUT2D eigenvalue weighted by molar-refractivity contribution is 5.67. The molecule has 0 atom stereocenters. The summed E-state index contributed by atoms with van der Waals surface area (Å²) in [5, 5.41) is 5.84. The highest BCUT2D eigenvalue weighted by Crippen LogP contribution is 2.00. The summed E-state index contributed by atoms with van der Waals surface area (Å²) >= 11 is 0. The Morgan fingerprint density at radius 3 is 2.56 bits per heavy atom. The van der Waals surface area contributed by atoms with Crippen molar-refractivity contribution in [3.05, 3.63) is 35.9 Å². The van der Waals surface area contributed by atoms with Gasteiger partial charge < -0.3 is 15.4 Å². The van der Waals surface area contributed by atoms with Crippen molar-refractivity contribution in [2.24, 2.45) is 0 Å². The van der Waals surface area contributed by atoms with E-state index in [0.717, 1.165) is 31.4 Å². The van der Waals surface area contributed by atoms with Crippen LogP contribution in [0.15, 0.2) is 30.3 Å². The summed E-state index contributed by atoms with van der Waals surface area (Å²) in [6, 6.07) is 9.67. The number of rotatable bonds is 8. The van der Waals surface area contributed by atoms with Gasteiger partial charge in [0.15, 0.2) is 0 Å². The Kier molecular flexibility index (Phi) is 7.64. The molecule has 4 nitrogen and oxygen atoms in total. The lowest BCUT2D eigenvalue weighted by Gasteiger charge is -2.07. The molecule has 0 bridgehead atoms. The van der Waals surface area contributed by atoms with E-state index in [4.69, 9.17) is 4.74 Å². The van der Waals surface area contributed by atoms with Gasteiger partial charge in [-0.3, -0.25) is 0 Å². The molecule has 0 radical (unpaired) electrons. The fourth-order valence-corrected chi connectivity index (χ4v) is 1.57. The molecule has 0 saturated carbocycles. The lowest BCUT2D eigenvalue weighted by Crippen LogP contribution is -2.25. The second-order valence-electron chi connectivity index (χ2n) is 4.15. The van der Waals surface area contributed by atoms with E-state index < -0.39 is 0 Å². The van der Waals surface area contributed by atoms with Gasteiger partial charge in [-0.2, -0.15) is 0 Å². The van der Waals surface area contributed by atoms with Gasteiger partial charge in [0.05, 0.1) is 0 Å². The molecule has 1 aromatic carbocycles. The van der Waals surface area contributed by atoms with Crippen molar-refractivity contribution in [3.8, 4) is 0 Å². The third kappa shape index (κ3) is 6.91. The van der Waals surface area contributed by atoms with E-state index in [2.05, 4.69) is 10.6 Å². The fourth-order valence-electron chi connectivity index (χ4n) is 1.57. The second-order valence-corrected chi connectivity index (χ2v) is 4.15. The summed E-state index contributed by atoms with van der Waals surface area (Å²) < 4.78 is 5.09. The number of hydrogen-bond donors (Lipinski definition) is 2. The second kappa shape index (κ2) is 9.48. The third-order valence-corrected chi connectivity index (χ3v) is 2.59. The number of carbonyl (C=O) groups is 1. The quantitative estimate of drug-likeness (QED) is 0.696. The summed E-state index contributed by atoms with van der Waals surface area (Å²) in [6.07, 6.45) is 2.89. The molecule has 1 aromatic rings. The molecule has 1 rings (SSSR count). The van der Waals surface area contributed by atoms with E-state index >= 15 is 0 Å². The molecule has 0 aliphatic rings. The van der Waals surface area contributed by atoms with Gasteiger partial charge in [-0.1, -0.05) is 36.8 Å². The van der Waals surface area contributed by atoms with E-state index in [0.29, 0.717) is 13.2 Å². The Hall–Kier alpha value is -1.55. The smallest absolute Gasteiger partial charge is 0.407 e. The SMILES string of the molecule is CNCCCCCNC(=O)OCc1ccccc1. The predicted molar refractivity (Wildman–Crippen MR) is 72.4 cm³/mol. The van der Waals surface area contributed by atoms with Crippen molar-refractivity contribution in [3.63, 3.8) is 0 Å². The van der Waals surface area contributed by atoms with Crippen LogP contribution >= 0.6 is 0 Å². The molecule has 0 aliphatic heterocycles. The molecule has 0 saturated heterocycles.